The summed E-state index contributed by atoms with van der Waals surface area (Å²) in [5.41, 5.74) is 0.820. The number of hydrogen-bond donors (Lipinski definition) is 2. The molecule has 7 nitrogen and oxygen atoms in total. The third kappa shape index (κ3) is 4.42. The van der Waals surface area contributed by atoms with Gasteiger partial charge in [0.05, 0.1) is 27.6 Å². The van der Waals surface area contributed by atoms with Gasteiger partial charge in [0.15, 0.2) is 0 Å². The monoisotopic (exact) mass is 408 g/mol. The Hall–Kier alpha value is -2.97. The van der Waals surface area contributed by atoms with Gasteiger partial charge in [-0.05, 0) is 36.4 Å². The molecule has 0 saturated heterocycles. The van der Waals surface area contributed by atoms with E-state index in [0.717, 1.165) is 12.1 Å². The van der Waals surface area contributed by atoms with Crippen LogP contribution in [0.1, 0.15) is 10.4 Å². The van der Waals surface area contributed by atoms with Crippen LogP contribution in [0.3, 0.4) is 0 Å². The summed E-state index contributed by atoms with van der Waals surface area (Å²) in [6, 6.07) is 7.04. The number of carbonyl (C=O) groups excluding carboxylic acids is 3. The Morgan fingerprint density at radius 3 is 2.52 bits per heavy atom. The molecular formula is C17H11Cl2FN4O3. The number of benzene rings is 2. The lowest BCUT2D eigenvalue weighted by atomic mass is 10.2. The molecule has 0 fully saturated rings. The van der Waals surface area contributed by atoms with Crippen molar-refractivity contribution in [1.82, 2.24) is 5.32 Å². The third-order valence-corrected chi connectivity index (χ3v) is 4.21. The highest BCUT2D eigenvalue weighted by atomic mass is 35.5. The number of imide groups is 1. The molecule has 27 heavy (non-hydrogen) atoms. The molecule has 2 aromatic carbocycles. The fourth-order valence-corrected chi connectivity index (χ4v) is 2.78. The van der Waals surface area contributed by atoms with Gasteiger partial charge in [-0.3, -0.25) is 14.9 Å². The normalized spacial score (nSPS) is 13.0. The highest BCUT2D eigenvalue weighted by molar-refractivity contribution is 6.35. The zero-order valence-electron chi connectivity index (χ0n) is 13.5. The SMILES string of the molecule is O=C1CN(c2ccc(NC(=O)NC(=O)c3ccc(F)cc3Cl)c(Cl)c2)C=N1. The molecule has 0 unspecified atom stereocenters. The van der Waals surface area contributed by atoms with Crippen molar-refractivity contribution in [3.05, 3.63) is 57.8 Å². The first kappa shape index (κ1) is 18.8. The third-order valence-electron chi connectivity index (χ3n) is 3.58. The number of hydrogen-bond acceptors (Lipinski definition) is 4. The molecule has 0 aromatic heterocycles. The van der Waals surface area contributed by atoms with Crippen LogP contribution in [0.15, 0.2) is 41.4 Å². The average Bonchev–Trinajstić information content (AvgIpc) is 3.03. The van der Waals surface area contributed by atoms with Gasteiger partial charge in [-0.2, -0.15) is 0 Å². The first-order valence-electron chi connectivity index (χ1n) is 7.54. The van der Waals surface area contributed by atoms with Gasteiger partial charge in [0.1, 0.15) is 12.4 Å². The van der Waals surface area contributed by atoms with E-state index >= 15 is 0 Å². The number of nitrogens with zero attached hydrogens (tertiary/aromatic N) is 2. The number of amides is 4. The Morgan fingerprint density at radius 2 is 1.89 bits per heavy atom. The smallest absolute Gasteiger partial charge is 0.323 e. The predicted molar refractivity (Wildman–Crippen MR) is 100 cm³/mol. The topological polar surface area (TPSA) is 90.9 Å². The van der Waals surface area contributed by atoms with Crippen molar-refractivity contribution < 1.29 is 18.8 Å². The second-order valence-electron chi connectivity index (χ2n) is 5.46. The van der Waals surface area contributed by atoms with E-state index in [1.807, 2.05) is 0 Å². The maximum Gasteiger partial charge on any atom is 0.326 e. The Labute approximate surface area is 162 Å². The van der Waals surface area contributed by atoms with Gasteiger partial charge in [0, 0.05) is 5.69 Å². The van der Waals surface area contributed by atoms with Gasteiger partial charge in [0.25, 0.3) is 11.8 Å². The first-order chi connectivity index (χ1) is 12.8. The van der Waals surface area contributed by atoms with Crippen LogP contribution in [0.25, 0.3) is 0 Å². The number of urea groups is 1. The van der Waals surface area contributed by atoms with Gasteiger partial charge in [0.2, 0.25) is 0 Å². The van der Waals surface area contributed by atoms with E-state index in [4.69, 9.17) is 23.2 Å². The molecule has 138 valence electrons. The van der Waals surface area contributed by atoms with Crippen LogP contribution in [0, 0.1) is 5.82 Å². The minimum Gasteiger partial charge on any atom is -0.323 e. The maximum atomic E-state index is 13.0. The van der Waals surface area contributed by atoms with Crippen LogP contribution in [-0.4, -0.2) is 30.7 Å². The van der Waals surface area contributed by atoms with Crippen molar-refractivity contribution in [3.63, 3.8) is 0 Å². The van der Waals surface area contributed by atoms with Gasteiger partial charge < -0.3 is 10.2 Å². The van der Waals surface area contributed by atoms with E-state index in [2.05, 4.69) is 15.6 Å². The van der Waals surface area contributed by atoms with Crippen LogP contribution in [0.5, 0.6) is 0 Å². The molecule has 1 heterocycles. The molecular weight excluding hydrogens is 398 g/mol. The van der Waals surface area contributed by atoms with Gasteiger partial charge in [-0.25, -0.2) is 14.2 Å². The van der Waals surface area contributed by atoms with Crippen LogP contribution in [0.2, 0.25) is 10.0 Å². The molecule has 0 bridgehead atoms. The van der Waals surface area contributed by atoms with E-state index in [1.165, 1.54) is 18.5 Å². The lowest BCUT2D eigenvalue weighted by Gasteiger charge is -2.15. The van der Waals surface area contributed by atoms with Gasteiger partial charge in [-0.1, -0.05) is 23.2 Å². The molecule has 0 spiro atoms. The molecule has 0 saturated carbocycles. The average molecular weight is 409 g/mol. The van der Waals surface area contributed by atoms with Crippen molar-refractivity contribution >= 4 is 58.8 Å². The molecule has 10 heteroatoms. The molecule has 3 rings (SSSR count). The minimum atomic E-state index is -0.840. The zero-order chi connectivity index (χ0) is 19.6. The number of anilines is 2. The quantitative estimate of drug-likeness (QED) is 0.813. The fraction of sp³-hybridized carbons (Fsp3) is 0.0588. The Morgan fingerprint density at radius 1 is 1.11 bits per heavy atom. The molecule has 0 atom stereocenters. The first-order valence-corrected chi connectivity index (χ1v) is 8.29. The molecule has 0 aliphatic carbocycles. The molecule has 0 radical (unpaired) electrons. The lowest BCUT2D eigenvalue weighted by Crippen LogP contribution is -2.34. The minimum absolute atomic E-state index is 0.0485. The molecule has 1 aliphatic rings. The van der Waals surface area contributed by atoms with E-state index in [1.54, 1.807) is 17.0 Å². The molecule has 2 N–H and O–H groups in total. The van der Waals surface area contributed by atoms with Crippen LogP contribution in [0.4, 0.5) is 20.6 Å². The standard InChI is InChI=1S/C17H11Cl2FN4O3/c18-12-5-9(20)1-3-11(12)16(26)23-17(27)22-14-4-2-10(6-13(14)19)24-7-15(25)21-8-24/h1-6,8H,7H2,(H2,22,23,26,27). The number of nitrogens with one attached hydrogen (secondary N) is 2. The Kier molecular flexibility index (Phi) is 5.38. The summed E-state index contributed by atoms with van der Waals surface area (Å²) < 4.78 is 13.0. The molecule has 4 amide bonds. The van der Waals surface area contributed by atoms with Gasteiger partial charge in [-0.15, -0.1) is 0 Å². The number of aliphatic imine (C=N–C) groups is 1. The van der Waals surface area contributed by atoms with Crippen molar-refractivity contribution in [1.29, 1.82) is 0 Å². The van der Waals surface area contributed by atoms with Crippen LogP contribution >= 0.6 is 23.2 Å². The molecule has 1 aliphatic heterocycles. The summed E-state index contributed by atoms with van der Waals surface area (Å²) >= 11 is 11.9. The Balaban J connectivity index is 1.66. The largest absolute Gasteiger partial charge is 0.326 e. The summed E-state index contributed by atoms with van der Waals surface area (Å²) in [5.74, 6) is -1.67. The maximum absolute atomic E-state index is 13.0. The second kappa shape index (κ2) is 7.73. The van der Waals surface area contributed by atoms with E-state index in [0.29, 0.717) is 5.69 Å². The summed E-state index contributed by atoms with van der Waals surface area (Å²) in [4.78, 5) is 40.5. The number of rotatable bonds is 3. The lowest BCUT2D eigenvalue weighted by molar-refractivity contribution is -0.115. The van der Waals surface area contributed by atoms with Crippen molar-refractivity contribution in [2.45, 2.75) is 0 Å². The van der Waals surface area contributed by atoms with Crippen molar-refractivity contribution in [3.8, 4) is 0 Å². The second-order valence-corrected chi connectivity index (χ2v) is 6.28. The van der Waals surface area contributed by atoms with E-state index in [-0.39, 0.29) is 33.7 Å². The van der Waals surface area contributed by atoms with Crippen molar-refractivity contribution in [2.75, 3.05) is 16.8 Å². The van der Waals surface area contributed by atoms with Crippen LogP contribution < -0.4 is 15.5 Å². The van der Waals surface area contributed by atoms with Crippen molar-refractivity contribution in [2.24, 2.45) is 4.99 Å². The van der Waals surface area contributed by atoms with Crippen LogP contribution in [-0.2, 0) is 4.79 Å². The highest BCUT2D eigenvalue weighted by Crippen LogP contribution is 2.28. The molecule has 2 aromatic rings. The fourth-order valence-electron chi connectivity index (χ4n) is 2.30. The number of halogens is 3. The van der Waals surface area contributed by atoms with E-state index < -0.39 is 17.8 Å². The van der Waals surface area contributed by atoms with E-state index in [9.17, 15) is 18.8 Å². The number of carbonyl (C=O) groups is 3. The summed E-state index contributed by atoms with van der Waals surface area (Å²) in [6.07, 6.45) is 1.39. The summed E-state index contributed by atoms with van der Waals surface area (Å²) in [7, 11) is 0. The zero-order valence-corrected chi connectivity index (χ0v) is 15.0. The highest BCUT2D eigenvalue weighted by Gasteiger charge is 2.18. The summed E-state index contributed by atoms with van der Waals surface area (Å²) in [5, 5.41) is 4.58. The Bertz CT molecular complexity index is 981. The van der Waals surface area contributed by atoms with Gasteiger partial charge >= 0.3 is 6.03 Å². The predicted octanol–water partition coefficient (Wildman–Crippen LogP) is 3.47. The summed E-state index contributed by atoms with van der Waals surface area (Å²) in [6.45, 7) is 0.108.